The molecule has 1 rings (SSSR count). The molecule has 1 N–H and O–H groups in total. The van der Waals surface area contributed by atoms with Gasteiger partial charge in [-0.1, -0.05) is 63.4 Å². The van der Waals surface area contributed by atoms with Crippen molar-refractivity contribution in [3.63, 3.8) is 0 Å². The first-order valence-electron chi connectivity index (χ1n) is 7.18. The fourth-order valence-electron chi connectivity index (χ4n) is 1.79. The molecule has 0 aliphatic rings. The highest BCUT2D eigenvalue weighted by molar-refractivity contribution is 7.23. The highest BCUT2D eigenvalue weighted by Crippen LogP contribution is 2.16. The van der Waals surface area contributed by atoms with Crippen molar-refractivity contribution in [2.45, 2.75) is 46.0 Å². The third-order valence-corrected chi connectivity index (χ3v) is 3.74. The largest absolute Gasteiger partial charge is 0.481 e. The molecule has 0 bridgehead atoms. The molecule has 0 aromatic heterocycles. The molecule has 0 radical (unpaired) electrons. The summed E-state index contributed by atoms with van der Waals surface area (Å²) < 4.78 is 10.2. The van der Waals surface area contributed by atoms with Crippen LogP contribution in [0.1, 0.15) is 45.1 Å². The maximum Gasteiger partial charge on any atom is 0.307 e. The van der Waals surface area contributed by atoms with Crippen LogP contribution in [0.3, 0.4) is 0 Å². The zero-order valence-corrected chi connectivity index (χ0v) is 13.3. The van der Waals surface area contributed by atoms with E-state index in [2.05, 4.69) is 13.8 Å². The molecule has 1 unspecified atom stereocenters. The molecule has 0 saturated heterocycles. The van der Waals surface area contributed by atoms with Crippen molar-refractivity contribution in [2.24, 2.45) is 5.92 Å². The summed E-state index contributed by atoms with van der Waals surface area (Å²) in [6, 6.07) is 9.13. The first-order valence-corrected chi connectivity index (χ1v) is 8.18. The van der Waals surface area contributed by atoms with Crippen LogP contribution in [0.25, 0.3) is 0 Å². The maximum absolute atomic E-state index is 10.2. The number of hydrogen-bond donors (Lipinski definition) is 1. The quantitative estimate of drug-likeness (QED) is 0.700. The molecule has 1 atom stereocenters. The Hall–Kier alpha value is -1.21. The van der Waals surface area contributed by atoms with Crippen molar-refractivity contribution < 1.29 is 14.5 Å². The summed E-state index contributed by atoms with van der Waals surface area (Å²) in [5.74, 6) is -0.0923. The van der Waals surface area contributed by atoms with Gasteiger partial charge in [0.15, 0.2) is 8.46 Å². The summed E-state index contributed by atoms with van der Waals surface area (Å²) >= 11 is 0. The molecule has 112 valence electrons. The first-order chi connectivity index (χ1) is 9.63. The molecule has 0 amide bonds. The van der Waals surface area contributed by atoms with Gasteiger partial charge in [-0.05, 0) is 17.9 Å². The van der Waals surface area contributed by atoms with E-state index in [1.54, 1.807) is 12.1 Å². The van der Waals surface area contributed by atoms with Gasteiger partial charge in [0.05, 0.1) is 6.42 Å². The lowest BCUT2D eigenvalue weighted by Gasteiger charge is -2.08. The Morgan fingerprint density at radius 1 is 1.25 bits per heavy atom. The van der Waals surface area contributed by atoms with Crippen LogP contribution in [-0.4, -0.2) is 17.2 Å². The zero-order valence-electron chi connectivity index (χ0n) is 12.4. The number of rotatable bonds is 8. The Kier molecular flexibility index (Phi) is 12.0. The topological polar surface area (TPSA) is 54.4 Å². The van der Waals surface area contributed by atoms with Crippen LogP contribution in [0, 0.1) is 5.92 Å². The number of aliphatic carboxylic acids is 1. The van der Waals surface area contributed by atoms with Crippen LogP contribution in [0.2, 0.25) is 0 Å². The predicted octanol–water partition coefficient (Wildman–Crippen LogP) is 4.81. The highest BCUT2D eigenvalue weighted by atomic mass is 31.1. The summed E-state index contributed by atoms with van der Waals surface area (Å²) in [6.45, 7) is 4.37. The molecule has 1 aromatic rings. The van der Waals surface area contributed by atoms with Crippen molar-refractivity contribution in [3.05, 3.63) is 35.9 Å². The molecular weight excluding hydrogens is 271 g/mol. The molecule has 0 spiro atoms. The van der Waals surface area contributed by atoms with Crippen LogP contribution >= 0.6 is 8.46 Å². The summed E-state index contributed by atoms with van der Waals surface area (Å²) in [7, 11) is 0.320. The second kappa shape index (κ2) is 12.8. The Bertz CT molecular complexity index is 365. The average molecular weight is 296 g/mol. The van der Waals surface area contributed by atoms with E-state index in [-0.39, 0.29) is 6.42 Å². The summed E-state index contributed by atoms with van der Waals surface area (Å²) in [4.78, 5) is 10.2. The number of unbranched alkanes of at least 4 members (excludes halogenated alkanes) is 1. The number of carboxylic acids is 1. The predicted molar refractivity (Wildman–Crippen MR) is 83.6 cm³/mol. The summed E-state index contributed by atoms with van der Waals surface area (Å²) in [6.07, 6.45) is 5.94. The second-order valence-electron chi connectivity index (χ2n) is 4.78. The molecule has 4 heteroatoms. The Labute approximate surface area is 123 Å². The third-order valence-electron chi connectivity index (χ3n) is 3.07. The number of carboxylic acid groups (broad SMARTS) is 1. The fraction of sp³-hybridized carbons (Fsp3) is 0.562. The van der Waals surface area contributed by atoms with Gasteiger partial charge in [-0.15, -0.1) is 0 Å². The fourth-order valence-corrected chi connectivity index (χ4v) is 2.44. The third kappa shape index (κ3) is 10.7. The Morgan fingerprint density at radius 3 is 2.35 bits per heavy atom. The van der Waals surface area contributed by atoms with Crippen molar-refractivity contribution in [2.75, 3.05) is 6.16 Å². The molecular formula is C16H25O3P. The van der Waals surface area contributed by atoms with Crippen LogP contribution in [0.5, 0.6) is 0 Å². The lowest BCUT2D eigenvalue weighted by molar-refractivity contribution is -0.136. The molecule has 0 fully saturated rings. The first kappa shape index (κ1) is 18.8. The summed E-state index contributed by atoms with van der Waals surface area (Å²) in [5.41, 5.74) is 0.843. The van der Waals surface area contributed by atoms with Gasteiger partial charge in [-0.3, -0.25) is 9.36 Å². The van der Waals surface area contributed by atoms with E-state index in [1.165, 1.54) is 25.7 Å². The van der Waals surface area contributed by atoms with E-state index in [9.17, 15) is 9.36 Å². The number of benzene rings is 1. The van der Waals surface area contributed by atoms with E-state index in [4.69, 9.17) is 5.11 Å². The van der Waals surface area contributed by atoms with E-state index in [0.29, 0.717) is 14.4 Å². The van der Waals surface area contributed by atoms with E-state index < -0.39 is 5.97 Å². The standard InChI is InChI=1S/C8H8O2.C8H17OP/c9-8(10)6-7-4-2-1-3-5-7;1-3-5-6-8(4-2)7-10-9/h1-5H,6H2,(H,9,10);8H,3-7H2,1-2H3. The van der Waals surface area contributed by atoms with E-state index >= 15 is 0 Å². The highest BCUT2D eigenvalue weighted by Gasteiger charge is 2.03. The minimum atomic E-state index is -0.786. The van der Waals surface area contributed by atoms with Crippen molar-refractivity contribution in [1.82, 2.24) is 0 Å². The van der Waals surface area contributed by atoms with Crippen molar-refractivity contribution >= 4 is 14.4 Å². The van der Waals surface area contributed by atoms with Gasteiger partial charge < -0.3 is 5.11 Å². The van der Waals surface area contributed by atoms with Crippen LogP contribution < -0.4 is 0 Å². The Balaban J connectivity index is 0.000000361. The van der Waals surface area contributed by atoms with Crippen LogP contribution in [-0.2, 0) is 15.8 Å². The molecule has 20 heavy (non-hydrogen) atoms. The van der Waals surface area contributed by atoms with E-state index in [0.717, 1.165) is 11.7 Å². The Morgan fingerprint density at radius 2 is 1.90 bits per heavy atom. The lowest BCUT2D eigenvalue weighted by Crippen LogP contribution is -1.99. The number of carbonyl (C=O) groups is 1. The second-order valence-corrected chi connectivity index (χ2v) is 5.41. The molecule has 0 aliphatic carbocycles. The molecule has 1 aromatic carbocycles. The van der Waals surface area contributed by atoms with Crippen LogP contribution in [0.4, 0.5) is 0 Å². The minimum Gasteiger partial charge on any atom is -0.481 e. The molecule has 0 saturated carbocycles. The molecule has 3 nitrogen and oxygen atoms in total. The maximum atomic E-state index is 10.2. The number of hydrogen-bond acceptors (Lipinski definition) is 2. The van der Waals surface area contributed by atoms with Gasteiger partial charge in [0, 0.05) is 6.16 Å². The smallest absolute Gasteiger partial charge is 0.307 e. The average Bonchev–Trinajstić information content (AvgIpc) is 2.44. The van der Waals surface area contributed by atoms with Gasteiger partial charge in [0.2, 0.25) is 0 Å². The molecule has 0 aliphatic heterocycles. The van der Waals surface area contributed by atoms with Crippen molar-refractivity contribution in [3.8, 4) is 0 Å². The van der Waals surface area contributed by atoms with Gasteiger partial charge in [-0.25, -0.2) is 0 Å². The van der Waals surface area contributed by atoms with Gasteiger partial charge in [0.1, 0.15) is 0 Å². The summed E-state index contributed by atoms with van der Waals surface area (Å²) in [5, 5.41) is 8.37. The normalized spacial score (nSPS) is 11.5. The van der Waals surface area contributed by atoms with Gasteiger partial charge >= 0.3 is 5.97 Å². The van der Waals surface area contributed by atoms with Crippen molar-refractivity contribution in [1.29, 1.82) is 0 Å². The van der Waals surface area contributed by atoms with E-state index in [1.807, 2.05) is 18.2 Å². The minimum absolute atomic E-state index is 0.112. The zero-order chi connectivity index (χ0) is 15.2. The molecule has 0 heterocycles. The SMILES string of the molecule is CCCCC(CC)CP=O.O=C(O)Cc1ccccc1. The van der Waals surface area contributed by atoms with Gasteiger partial charge in [-0.2, -0.15) is 0 Å². The lowest BCUT2D eigenvalue weighted by atomic mass is 10.0. The monoisotopic (exact) mass is 296 g/mol. The van der Waals surface area contributed by atoms with Crippen LogP contribution in [0.15, 0.2) is 30.3 Å². The van der Waals surface area contributed by atoms with Gasteiger partial charge in [0.25, 0.3) is 0 Å².